The molecule has 1 N–H and O–H groups in total. The minimum atomic E-state index is 1.12. The quantitative estimate of drug-likeness (QED) is 0.582. The first kappa shape index (κ1) is 6.87. The largest absolute Gasteiger partial charge is 0.361 e. The third kappa shape index (κ3) is 1.18. The molecule has 0 atom stereocenters. The molecule has 0 radical (unpaired) electrons. The highest BCUT2D eigenvalue weighted by Gasteiger charge is 1.79. The molecule has 0 unspecified atom stereocenters. The Kier molecular flexibility index (Phi) is 2.11. The van der Waals surface area contributed by atoms with Crippen LogP contribution in [0, 0.1) is 0 Å². The van der Waals surface area contributed by atoms with Crippen LogP contribution >= 0.6 is 0 Å². The van der Waals surface area contributed by atoms with Gasteiger partial charge in [-0.05, 0) is 24.3 Å². The van der Waals surface area contributed by atoms with E-state index in [0.717, 1.165) is 5.35 Å². The minimum absolute atomic E-state index is 1.12. The van der Waals surface area contributed by atoms with Crippen LogP contribution in [0.5, 0.6) is 0 Å². The van der Waals surface area contributed by atoms with E-state index < -0.39 is 0 Å². The van der Waals surface area contributed by atoms with Crippen molar-refractivity contribution in [1.82, 2.24) is 4.98 Å². The summed E-state index contributed by atoms with van der Waals surface area (Å²) in [7, 11) is 0. The van der Waals surface area contributed by atoms with Crippen molar-refractivity contribution in [2.75, 3.05) is 0 Å². The van der Waals surface area contributed by atoms with E-state index >= 15 is 0 Å². The normalized spacial score (nSPS) is 14.1. The Morgan fingerprint density at radius 1 is 1.60 bits per heavy atom. The molecule has 0 aliphatic carbocycles. The maximum atomic E-state index is 3.62. The van der Waals surface area contributed by atoms with Crippen LogP contribution < -0.4 is 10.6 Å². The lowest BCUT2D eigenvalue weighted by molar-refractivity contribution is 1.32. The number of rotatable bonds is 1. The van der Waals surface area contributed by atoms with Crippen molar-refractivity contribution in [3.8, 4) is 0 Å². The van der Waals surface area contributed by atoms with Crippen LogP contribution in [0.15, 0.2) is 24.9 Å². The Morgan fingerprint density at radius 3 is 3.00 bits per heavy atom. The molecule has 0 spiro atoms. The monoisotopic (exact) mass is 133 g/mol. The zero-order valence-corrected chi connectivity index (χ0v) is 6.09. The van der Waals surface area contributed by atoms with Crippen molar-refractivity contribution in [1.29, 1.82) is 0 Å². The summed E-state index contributed by atoms with van der Waals surface area (Å²) < 4.78 is 0. The van der Waals surface area contributed by atoms with Gasteiger partial charge in [-0.25, -0.2) is 0 Å². The van der Waals surface area contributed by atoms with Gasteiger partial charge < -0.3 is 4.98 Å². The van der Waals surface area contributed by atoms with E-state index in [1.807, 2.05) is 25.3 Å². The van der Waals surface area contributed by atoms with Gasteiger partial charge in [0, 0.05) is 11.5 Å². The fraction of sp³-hybridized carbons (Fsp3) is 0.111. The Balaban J connectivity index is 3.41. The summed E-state index contributed by atoms with van der Waals surface area (Å²) in [4.78, 5) is 3.10. The van der Waals surface area contributed by atoms with Gasteiger partial charge in [-0.2, -0.15) is 0 Å². The van der Waals surface area contributed by atoms with Crippen molar-refractivity contribution < 1.29 is 0 Å². The molecule has 1 aromatic rings. The van der Waals surface area contributed by atoms with Crippen LogP contribution in [0.4, 0.5) is 0 Å². The van der Waals surface area contributed by atoms with Crippen LogP contribution in [0.2, 0.25) is 0 Å². The van der Waals surface area contributed by atoms with Crippen molar-refractivity contribution >= 4 is 12.2 Å². The van der Waals surface area contributed by atoms with E-state index in [4.69, 9.17) is 0 Å². The van der Waals surface area contributed by atoms with Crippen LogP contribution in [-0.2, 0) is 0 Å². The maximum absolute atomic E-state index is 3.62. The summed E-state index contributed by atoms with van der Waals surface area (Å²) in [6.45, 7) is 5.64. The van der Waals surface area contributed by atoms with E-state index in [1.165, 1.54) is 5.22 Å². The van der Waals surface area contributed by atoms with Crippen molar-refractivity contribution in [2.24, 2.45) is 0 Å². The zero-order valence-electron chi connectivity index (χ0n) is 6.09. The lowest BCUT2D eigenvalue weighted by atomic mass is 10.4. The van der Waals surface area contributed by atoms with Crippen molar-refractivity contribution in [3.63, 3.8) is 0 Å². The molecule has 0 saturated carbocycles. The fourth-order valence-corrected chi connectivity index (χ4v) is 0.908. The van der Waals surface area contributed by atoms with Crippen LogP contribution in [0.25, 0.3) is 12.2 Å². The minimum Gasteiger partial charge on any atom is -0.361 e. The Morgan fingerprint density at radius 2 is 2.40 bits per heavy atom. The SMILES string of the molecule is C=C/C=c1/[nH]cc/c1=C/C. The molecule has 0 fully saturated rings. The first-order valence-corrected chi connectivity index (χ1v) is 3.31. The molecule has 10 heavy (non-hydrogen) atoms. The predicted octanol–water partition coefficient (Wildman–Crippen LogP) is 0.782. The molecule has 0 aromatic carbocycles. The van der Waals surface area contributed by atoms with E-state index in [-0.39, 0.29) is 0 Å². The number of H-pyrrole nitrogens is 1. The molecule has 0 saturated heterocycles. The van der Waals surface area contributed by atoms with Gasteiger partial charge in [0.25, 0.3) is 0 Å². The first-order chi connectivity index (χ1) is 4.88. The number of hydrogen-bond donors (Lipinski definition) is 1. The van der Waals surface area contributed by atoms with Crippen molar-refractivity contribution in [3.05, 3.63) is 35.5 Å². The fourth-order valence-electron chi connectivity index (χ4n) is 0.908. The van der Waals surface area contributed by atoms with Gasteiger partial charge in [0.2, 0.25) is 0 Å². The van der Waals surface area contributed by atoms with Gasteiger partial charge in [0.05, 0.1) is 0 Å². The third-order valence-corrected chi connectivity index (χ3v) is 1.41. The second kappa shape index (κ2) is 3.06. The molecule has 1 nitrogen and oxygen atoms in total. The molecule has 0 aliphatic rings. The van der Waals surface area contributed by atoms with Gasteiger partial charge in [-0.1, -0.05) is 18.7 Å². The highest BCUT2D eigenvalue weighted by Crippen LogP contribution is 1.66. The highest BCUT2D eigenvalue weighted by atomic mass is 14.6. The summed E-state index contributed by atoms with van der Waals surface area (Å²) >= 11 is 0. The van der Waals surface area contributed by atoms with Gasteiger partial charge in [-0.3, -0.25) is 0 Å². The molecule has 0 bridgehead atoms. The Hall–Kier alpha value is -1.24. The van der Waals surface area contributed by atoms with Crippen LogP contribution in [0.1, 0.15) is 6.92 Å². The molecule has 52 valence electrons. The zero-order chi connectivity index (χ0) is 7.40. The summed E-state index contributed by atoms with van der Waals surface area (Å²) in [6.07, 6.45) is 7.71. The standard InChI is InChI=1S/C9H11N/c1-3-5-9-8(4-2)6-7-10-9/h3-7,10H,1H2,2H3/b8-4-,9-5+. The summed E-state index contributed by atoms with van der Waals surface area (Å²) in [5, 5.41) is 2.34. The number of aromatic amines is 1. The number of hydrogen-bond acceptors (Lipinski definition) is 0. The first-order valence-electron chi connectivity index (χ1n) is 3.31. The number of aromatic nitrogens is 1. The van der Waals surface area contributed by atoms with E-state index in [0.29, 0.717) is 0 Å². The average molecular weight is 133 g/mol. The molecule has 0 amide bonds. The second-order valence-electron chi connectivity index (χ2n) is 2.04. The Bertz CT molecular complexity index is 317. The van der Waals surface area contributed by atoms with Gasteiger partial charge in [0.1, 0.15) is 0 Å². The lowest BCUT2D eigenvalue weighted by Crippen LogP contribution is -2.20. The molecule has 1 heteroatoms. The maximum Gasteiger partial charge on any atom is 0.0450 e. The summed E-state index contributed by atoms with van der Waals surface area (Å²) in [5.74, 6) is 0. The third-order valence-electron chi connectivity index (χ3n) is 1.41. The number of nitrogens with one attached hydrogen (secondary N) is 1. The van der Waals surface area contributed by atoms with Crippen LogP contribution in [-0.4, -0.2) is 4.98 Å². The van der Waals surface area contributed by atoms with Gasteiger partial charge in [-0.15, -0.1) is 0 Å². The Labute approximate surface area is 60.4 Å². The summed E-state index contributed by atoms with van der Waals surface area (Å²) in [6, 6.07) is 2.04. The molecular formula is C9H11N. The summed E-state index contributed by atoms with van der Waals surface area (Å²) in [5.41, 5.74) is 0. The molecular weight excluding hydrogens is 122 g/mol. The predicted molar refractivity (Wildman–Crippen MR) is 44.8 cm³/mol. The van der Waals surface area contributed by atoms with E-state index in [9.17, 15) is 0 Å². The molecule has 1 aromatic heterocycles. The smallest absolute Gasteiger partial charge is 0.0450 e. The van der Waals surface area contributed by atoms with Gasteiger partial charge in [0.15, 0.2) is 0 Å². The van der Waals surface area contributed by atoms with E-state index in [2.05, 4.69) is 17.6 Å². The van der Waals surface area contributed by atoms with Crippen molar-refractivity contribution in [2.45, 2.75) is 6.92 Å². The van der Waals surface area contributed by atoms with Crippen LogP contribution in [0.3, 0.4) is 0 Å². The average Bonchev–Trinajstić information content (AvgIpc) is 2.36. The second-order valence-corrected chi connectivity index (χ2v) is 2.04. The molecule has 1 rings (SSSR count). The van der Waals surface area contributed by atoms with E-state index in [1.54, 1.807) is 6.08 Å². The highest BCUT2D eigenvalue weighted by molar-refractivity contribution is 5.35. The lowest BCUT2D eigenvalue weighted by Gasteiger charge is -1.74. The molecule has 1 heterocycles. The van der Waals surface area contributed by atoms with Gasteiger partial charge >= 0.3 is 0 Å². The topological polar surface area (TPSA) is 15.8 Å². The number of allylic oxidation sites excluding steroid dienone is 1. The molecule has 0 aliphatic heterocycles.